The molecule has 0 unspecified atom stereocenters. The molecule has 2 nitrogen and oxygen atoms in total. The lowest BCUT2D eigenvalue weighted by atomic mass is 9.80. The molecule has 0 N–H and O–H groups in total. The van der Waals surface area contributed by atoms with Gasteiger partial charge in [-0.2, -0.15) is 0 Å². The second kappa shape index (κ2) is 6.40. The first-order valence-corrected chi connectivity index (χ1v) is 6.89. The normalized spacial score (nSPS) is 13.9. The van der Waals surface area contributed by atoms with Gasteiger partial charge < -0.3 is 4.74 Å². The summed E-state index contributed by atoms with van der Waals surface area (Å²) in [5.74, 6) is 0.336. The first-order valence-electron chi connectivity index (χ1n) is 6.89. The van der Waals surface area contributed by atoms with Gasteiger partial charge in [0.25, 0.3) is 0 Å². The van der Waals surface area contributed by atoms with Gasteiger partial charge in [0, 0.05) is 0 Å². The summed E-state index contributed by atoms with van der Waals surface area (Å²) in [6, 6.07) is 0. The van der Waals surface area contributed by atoms with Crippen LogP contribution < -0.4 is 0 Å². The van der Waals surface area contributed by atoms with E-state index in [9.17, 15) is 4.79 Å². The standard InChI is InChI=1S/C16H30O2/c1-9-16(7,8)13(10-12(2)3)11-18-14(17)15(4,5)6/h10,12H,9,11H2,1-8H3. The average molecular weight is 254 g/mol. The number of carbonyl (C=O) groups is 1. The Morgan fingerprint density at radius 1 is 1.17 bits per heavy atom. The van der Waals surface area contributed by atoms with Crippen LogP contribution in [0.1, 0.15) is 61.8 Å². The van der Waals surface area contributed by atoms with Gasteiger partial charge in [0.1, 0.15) is 6.61 Å². The molecule has 0 aromatic rings. The van der Waals surface area contributed by atoms with E-state index in [4.69, 9.17) is 4.74 Å². The number of allylic oxidation sites excluding steroid dienone is 1. The van der Waals surface area contributed by atoms with Crippen molar-refractivity contribution in [1.29, 1.82) is 0 Å². The van der Waals surface area contributed by atoms with Crippen molar-refractivity contribution in [3.05, 3.63) is 11.6 Å². The minimum atomic E-state index is -0.431. The van der Waals surface area contributed by atoms with Crippen LogP contribution in [0.15, 0.2) is 11.6 Å². The Balaban J connectivity index is 4.81. The lowest BCUT2D eigenvalue weighted by molar-refractivity contribution is -0.152. The second-order valence-corrected chi connectivity index (χ2v) is 7.00. The van der Waals surface area contributed by atoms with Gasteiger partial charge in [-0.25, -0.2) is 0 Å². The van der Waals surface area contributed by atoms with Crippen LogP contribution in [0.5, 0.6) is 0 Å². The minimum absolute atomic E-state index is 0.0857. The molecule has 0 atom stereocenters. The van der Waals surface area contributed by atoms with Crippen molar-refractivity contribution >= 4 is 5.97 Å². The fraction of sp³-hybridized carbons (Fsp3) is 0.812. The van der Waals surface area contributed by atoms with Gasteiger partial charge in [0.05, 0.1) is 5.41 Å². The maximum Gasteiger partial charge on any atom is 0.311 e. The lowest BCUT2D eigenvalue weighted by Crippen LogP contribution is -2.26. The van der Waals surface area contributed by atoms with Crippen molar-refractivity contribution in [2.75, 3.05) is 6.61 Å². The molecule has 0 spiro atoms. The molecule has 106 valence electrons. The summed E-state index contributed by atoms with van der Waals surface area (Å²) in [7, 11) is 0. The predicted molar refractivity (Wildman–Crippen MR) is 77.4 cm³/mol. The fourth-order valence-electron chi connectivity index (χ4n) is 1.46. The Labute approximate surface area is 113 Å². The lowest BCUT2D eigenvalue weighted by Gasteiger charge is -2.28. The van der Waals surface area contributed by atoms with Crippen molar-refractivity contribution < 1.29 is 9.53 Å². The van der Waals surface area contributed by atoms with Gasteiger partial charge in [-0.15, -0.1) is 0 Å². The van der Waals surface area contributed by atoms with Crippen LogP contribution in [-0.4, -0.2) is 12.6 Å². The van der Waals surface area contributed by atoms with Crippen molar-refractivity contribution in [2.24, 2.45) is 16.7 Å². The third-order valence-electron chi connectivity index (χ3n) is 3.26. The highest BCUT2D eigenvalue weighted by atomic mass is 16.5. The summed E-state index contributed by atoms with van der Waals surface area (Å²) in [6.07, 6.45) is 3.26. The van der Waals surface area contributed by atoms with E-state index < -0.39 is 5.41 Å². The van der Waals surface area contributed by atoms with Gasteiger partial charge in [-0.3, -0.25) is 4.79 Å². The van der Waals surface area contributed by atoms with Gasteiger partial charge in [0.15, 0.2) is 0 Å². The van der Waals surface area contributed by atoms with Gasteiger partial charge in [0.2, 0.25) is 0 Å². The van der Waals surface area contributed by atoms with E-state index in [1.54, 1.807) is 0 Å². The zero-order valence-corrected chi connectivity index (χ0v) is 13.4. The number of rotatable bonds is 5. The number of hydrogen-bond acceptors (Lipinski definition) is 2. The van der Waals surface area contributed by atoms with E-state index in [1.165, 1.54) is 5.57 Å². The fourth-order valence-corrected chi connectivity index (χ4v) is 1.46. The number of hydrogen-bond donors (Lipinski definition) is 0. The van der Waals surface area contributed by atoms with Gasteiger partial charge >= 0.3 is 5.97 Å². The quantitative estimate of drug-likeness (QED) is 0.529. The van der Waals surface area contributed by atoms with Crippen LogP contribution in [0, 0.1) is 16.7 Å². The summed E-state index contributed by atoms with van der Waals surface area (Å²) in [5, 5.41) is 0. The van der Waals surface area contributed by atoms with E-state index in [0.29, 0.717) is 12.5 Å². The highest BCUT2D eigenvalue weighted by Crippen LogP contribution is 2.31. The van der Waals surface area contributed by atoms with Crippen molar-refractivity contribution in [3.8, 4) is 0 Å². The molecule has 0 radical (unpaired) electrons. The largest absolute Gasteiger partial charge is 0.461 e. The third-order valence-corrected chi connectivity index (χ3v) is 3.26. The molecular weight excluding hydrogens is 224 g/mol. The maximum atomic E-state index is 11.8. The van der Waals surface area contributed by atoms with E-state index in [1.807, 2.05) is 20.8 Å². The summed E-state index contributed by atoms with van der Waals surface area (Å²) >= 11 is 0. The molecule has 0 rings (SSSR count). The second-order valence-electron chi connectivity index (χ2n) is 7.00. The molecule has 0 bridgehead atoms. The monoisotopic (exact) mass is 254 g/mol. The SMILES string of the molecule is CCC(C)(C)C(=CC(C)C)COC(=O)C(C)(C)C. The van der Waals surface area contributed by atoms with Crippen LogP contribution in [0.25, 0.3) is 0 Å². The molecule has 2 heteroatoms. The molecule has 0 aromatic carbocycles. The first kappa shape index (κ1) is 17.2. The molecule has 18 heavy (non-hydrogen) atoms. The van der Waals surface area contributed by atoms with Crippen LogP contribution in [-0.2, 0) is 9.53 Å². The molecule has 0 aliphatic heterocycles. The minimum Gasteiger partial charge on any atom is -0.461 e. The summed E-state index contributed by atoms with van der Waals surface area (Å²) in [6.45, 7) is 16.9. The third kappa shape index (κ3) is 5.70. The molecule has 0 heterocycles. The molecule has 0 aliphatic rings. The molecule has 0 saturated heterocycles. The summed E-state index contributed by atoms with van der Waals surface area (Å²) < 4.78 is 5.45. The Bertz CT molecular complexity index is 304. The highest BCUT2D eigenvalue weighted by molar-refractivity contribution is 5.75. The van der Waals surface area contributed by atoms with Gasteiger partial charge in [-0.1, -0.05) is 40.7 Å². The van der Waals surface area contributed by atoms with Crippen molar-refractivity contribution in [2.45, 2.75) is 61.8 Å². The van der Waals surface area contributed by atoms with Crippen molar-refractivity contribution in [3.63, 3.8) is 0 Å². The molecule has 0 fully saturated rings. The molecule has 0 aromatic heterocycles. The number of esters is 1. The van der Waals surface area contributed by atoms with E-state index in [0.717, 1.165) is 6.42 Å². The summed E-state index contributed by atoms with van der Waals surface area (Å²) in [5.41, 5.74) is 0.874. The zero-order valence-electron chi connectivity index (χ0n) is 13.4. The highest BCUT2D eigenvalue weighted by Gasteiger charge is 2.26. The van der Waals surface area contributed by atoms with Gasteiger partial charge in [-0.05, 0) is 44.1 Å². The number of ether oxygens (including phenoxy) is 1. The van der Waals surface area contributed by atoms with E-state index in [-0.39, 0.29) is 11.4 Å². The average Bonchev–Trinajstić information content (AvgIpc) is 2.21. The Morgan fingerprint density at radius 3 is 2.00 bits per heavy atom. The smallest absolute Gasteiger partial charge is 0.311 e. The predicted octanol–water partition coefficient (Wildman–Crippen LogP) is 4.59. The Kier molecular flexibility index (Phi) is 6.12. The van der Waals surface area contributed by atoms with Crippen LogP contribution in [0.3, 0.4) is 0 Å². The first-order chi connectivity index (χ1) is 8.00. The Hall–Kier alpha value is -0.790. The van der Waals surface area contributed by atoms with Crippen LogP contribution in [0.4, 0.5) is 0 Å². The maximum absolute atomic E-state index is 11.8. The van der Waals surface area contributed by atoms with Crippen molar-refractivity contribution in [1.82, 2.24) is 0 Å². The number of carbonyl (C=O) groups excluding carboxylic acids is 1. The molecule has 0 aliphatic carbocycles. The zero-order chi connectivity index (χ0) is 14.6. The molecule has 0 saturated carbocycles. The molecule has 0 amide bonds. The topological polar surface area (TPSA) is 26.3 Å². The van der Waals surface area contributed by atoms with E-state index >= 15 is 0 Å². The Morgan fingerprint density at radius 2 is 1.67 bits per heavy atom. The van der Waals surface area contributed by atoms with Crippen LogP contribution >= 0.6 is 0 Å². The van der Waals surface area contributed by atoms with Crippen LogP contribution in [0.2, 0.25) is 0 Å². The summed E-state index contributed by atoms with van der Waals surface area (Å²) in [4.78, 5) is 11.8. The molecular formula is C16H30O2. The van der Waals surface area contributed by atoms with E-state index in [2.05, 4.69) is 40.7 Å².